The number of hydrogen-bond donors (Lipinski definition) is 2. The molecule has 0 aromatic heterocycles. The van der Waals surface area contributed by atoms with Gasteiger partial charge in [-0.25, -0.2) is 0 Å². The minimum Gasteiger partial charge on any atom is -0.461 e. The second kappa shape index (κ2) is 11.7. The normalized spacial score (nSPS) is 46.1. The second-order valence-corrected chi connectivity index (χ2v) is 19.9. The number of aliphatic hydroxyl groups excluding tert-OH is 1. The molecule has 6 saturated carbocycles. The molecule has 7 rings (SSSR count). The summed E-state index contributed by atoms with van der Waals surface area (Å²) in [6.45, 7) is 23.8. The zero-order valence-electron chi connectivity index (χ0n) is 31.9. The average molecular weight is 672 g/mol. The molecular weight excluding hydrogens is 606 g/mol. The summed E-state index contributed by atoms with van der Waals surface area (Å²) in [5.41, 5.74) is 2.10. The Hall–Kier alpha value is -2.14. The minimum absolute atomic E-state index is 0.0324. The summed E-state index contributed by atoms with van der Waals surface area (Å²) in [4.78, 5) is 28.0. The zero-order chi connectivity index (χ0) is 35.4. The van der Waals surface area contributed by atoms with Gasteiger partial charge in [0.25, 0.3) is 0 Å². The maximum atomic E-state index is 14.8. The van der Waals surface area contributed by atoms with Crippen molar-refractivity contribution in [2.24, 2.45) is 68.0 Å². The molecule has 1 aromatic rings. The van der Waals surface area contributed by atoms with Gasteiger partial charge in [0.2, 0.25) is 5.91 Å². The molecule has 12 atom stereocenters. The predicted molar refractivity (Wildman–Crippen MR) is 195 cm³/mol. The quantitative estimate of drug-likeness (QED) is 0.234. The van der Waals surface area contributed by atoms with E-state index < -0.39 is 0 Å². The van der Waals surface area contributed by atoms with Crippen molar-refractivity contribution in [3.05, 3.63) is 48.0 Å². The third-order valence-corrected chi connectivity index (χ3v) is 17.6. The molecule has 5 nitrogen and oxygen atoms in total. The van der Waals surface area contributed by atoms with Crippen molar-refractivity contribution in [2.75, 3.05) is 0 Å². The smallest absolute Gasteiger partial charge is 0.309 e. The highest BCUT2D eigenvalue weighted by Gasteiger charge is 2.72. The first-order chi connectivity index (χ1) is 22.9. The van der Waals surface area contributed by atoms with Gasteiger partial charge in [-0.2, -0.15) is 0 Å². The van der Waals surface area contributed by atoms with Crippen LogP contribution in [0.4, 0.5) is 0 Å². The minimum atomic E-state index is -0.371. The average Bonchev–Trinajstić information content (AvgIpc) is 3.46. The Morgan fingerprint density at radius 1 is 0.837 bits per heavy atom. The van der Waals surface area contributed by atoms with Crippen molar-refractivity contribution >= 4 is 11.9 Å². The Labute approximate surface area is 296 Å². The Kier molecular flexibility index (Phi) is 8.41. The van der Waals surface area contributed by atoms with Crippen LogP contribution in [0, 0.1) is 68.0 Å². The van der Waals surface area contributed by atoms with Gasteiger partial charge in [-0.1, -0.05) is 91.0 Å². The molecule has 1 amide bonds. The van der Waals surface area contributed by atoms with Crippen molar-refractivity contribution < 1.29 is 19.4 Å². The molecule has 6 aliphatic carbocycles. The van der Waals surface area contributed by atoms with Gasteiger partial charge < -0.3 is 15.2 Å². The number of ether oxygens (including phenoxy) is 1. The maximum absolute atomic E-state index is 14.8. The lowest BCUT2D eigenvalue weighted by molar-refractivity contribution is -0.246. The van der Waals surface area contributed by atoms with Crippen LogP contribution < -0.4 is 5.32 Å². The van der Waals surface area contributed by atoms with E-state index in [4.69, 9.17) is 4.74 Å². The summed E-state index contributed by atoms with van der Waals surface area (Å²) in [6, 6.07) is 9.82. The number of fused-ring (bicyclic) bond motifs is 7. The van der Waals surface area contributed by atoms with Crippen molar-refractivity contribution in [1.82, 2.24) is 5.32 Å². The lowest BCUT2D eigenvalue weighted by atomic mass is 9.32. The van der Waals surface area contributed by atoms with Gasteiger partial charge in [0, 0.05) is 6.04 Å². The van der Waals surface area contributed by atoms with Crippen molar-refractivity contribution in [3.63, 3.8) is 0 Å². The standard InChI is InChI=1S/C44H65NO4/c1-27(2)29-17-22-44(38(48)45-34-25-31(39(34,3)4)37(47)49-26-28-13-11-10-12-14-28)24-23-42(8)30(36(29)44)15-16-33-41(7)20-19-35(46)40(5,6)32(41)18-21-43(33,42)9/h10-14,29-36,46H,1,15-26H2,2-9H3,(H,45,48)/t29-,30+,31+,32-,33+,34+,35-,36+,41-,42+,43+,44-/m0/s1. The van der Waals surface area contributed by atoms with Gasteiger partial charge in [0.05, 0.1) is 17.4 Å². The van der Waals surface area contributed by atoms with E-state index in [1.165, 1.54) is 31.3 Å². The van der Waals surface area contributed by atoms with Crippen molar-refractivity contribution in [2.45, 2.75) is 145 Å². The zero-order valence-corrected chi connectivity index (χ0v) is 31.9. The number of benzene rings is 1. The van der Waals surface area contributed by atoms with E-state index in [1.807, 2.05) is 30.3 Å². The molecule has 0 saturated heterocycles. The molecule has 1 aromatic carbocycles. The second-order valence-electron chi connectivity index (χ2n) is 19.9. The third-order valence-electron chi connectivity index (χ3n) is 17.6. The number of rotatable bonds is 6. The number of carbonyl (C=O) groups excluding carboxylic acids is 2. The van der Waals surface area contributed by atoms with E-state index in [0.717, 1.165) is 44.1 Å². The van der Waals surface area contributed by atoms with Crippen LogP contribution >= 0.6 is 0 Å². The van der Waals surface area contributed by atoms with Crippen molar-refractivity contribution in [3.8, 4) is 0 Å². The van der Waals surface area contributed by atoms with Gasteiger partial charge in [0.15, 0.2) is 0 Å². The lowest BCUT2D eigenvalue weighted by Crippen LogP contribution is -2.68. The van der Waals surface area contributed by atoms with E-state index in [2.05, 4.69) is 67.3 Å². The highest BCUT2D eigenvalue weighted by atomic mass is 16.5. The molecule has 0 aliphatic heterocycles. The summed E-state index contributed by atoms with van der Waals surface area (Å²) in [7, 11) is 0. The topological polar surface area (TPSA) is 75.6 Å². The SMILES string of the molecule is C=C(C)[C@@H]1CC[C@]2(C(=O)N[C@@H]3C[C@H](C(=O)OCc4ccccc4)C3(C)C)CC[C@]3(C)[C@H](CC[C@@H]4[C@@]5(C)CC[C@H](O)C(C)(C)[C@@H]5CC[C@]43C)[C@@H]12. The molecule has 0 spiro atoms. The fourth-order valence-electron chi connectivity index (χ4n) is 14.2. The van der Waals surface area contributed by atoms with Crippen LogP contribution in [0.15, 0.2) is 42.5 Å². The van der Waals surface area contributed by atoms with Crippen LogP contribution in [0.25, 0.3) is 0 Å². The Bertz CT molecular complexity index is 1480. The van der Waals surface area contributed by atoms with E-state index in [-0.39, 0.29) is 69.0 Å². The van der Waals surface area contributed by atoms with Gasteiger partial charge in [0.1, 0.15) is 6.61 Å². The Morgan fingerprint density at radius 2 is 1.55 bits per heavy atom. The van der Waals surface area contributed by atoms with Gasteiger partial charge in [-0.05, 0) is 140 Å². The molecule has 6 fully saturated rings. The van der Waals surface area contributed by atoms with Gasteiger partial charge >= 0.3 is 5.97 Å². The molecule has 0 unspecified atom stereocenters. The van der Waals surface area contributed by atoms with E-state index in [9.17, 15) is 14.7 Å². The summed E-state index contributed by atoms with van der Waals surface area (Å²) in [5.74, 6) is 2.25. The van der Waals surface area contributed by atoms with Crippen LogP contribution in [-0.4, -0.2) is 29.1 Å². The monoisotopic (exact) mass is 671 g/mol. The fraction of sp³-hybridized carbons (Fsp3) is 0.773. The highest BCUT2D eigenvalue weighted by Crippen LogP contribution is 2.77. The number of carbonyl (C=O) groups is 2. The molecule has 270 valence electrons. The number of amides is 1. The number of hydrogen-bond acceptors (Lipinski definition) is 4. The maximum Gasteiger partial charge on any atom is 0.309 e. The number of nitrogens with one attached hydrogen (secondary N) is 1. The van der Waals surface area contributed by atoms with Crippen molar-refractivity contribution in [1.29, 1.82) is 0 Å². The summed E-state index contributed by atoms with van der Waals surface area (Å²) >= 11 is 0. The van der Waals surface area contributed by atoms with Crippen LogP contribution in [0.1, 0.15) is 132 Å². The highest BCUT2D eigenvalue weighted by molar-refractivity contribution is 5.85. The van der Waals surface area contributed by atoms with E-state index >= 15 is 0 Å². The summed E-state index contributed by atoms with van der Waals surface area (Å²) < 4.78 is 5.75. The molecular formula is C44H65NO4. The molecule has 0 radical (unpaired) electrons. The third kappa shape index (κ3) is 4.92. The van der Waals surface area contributed by atoms with Gasteiger partial charge in [-0.15, -0.1) is 0 Å². The lowest BCUT2D eigenvalue weighted by Gasteiger charge is -2.72. The molecule has 0 heterocycles. The first kappa shape index (κ1) is 35.3. The predicted octanol–water partition coefficient (Wildman–Crippen LogP) is 9.28. The number of esters is 1. The number of aliphatic hydroxyl groups is 1. The van der Waals surface area contributed by atoms with E-state index in [1.54, 1.807) is 0 Å². The summed E-state index contributed by atoms with van der Waals surface area (Å²) in [6.07, 6.45) is 11.4. The largest absolute Gasteiger partial charge is 0.461 e. The van der Waals surface area contributed by atoms with Crippen LogP contribution in [0.3, 0.4) is 0 Å². The molecule has 6 aliphatic rings. The van der Waals surface area contributed by atoms with Gasteiger partial charge in [-0.3, -0.25) is 9.59 Å². The Morgan fingerprint density at radius 3 is 2.22 bits per heavy atom. The fourth-order valence-corrected chi connectivity index (χ4v) is 14.2. The molecule has 5 heteroatoms. The first-order valence-electron chi connectivity index (χ1n) is 19.8. The summed E-state index contributed by atoms with van der Waals surface area (Å²) in [5, 5.41) is 14.7. The number of allylic oxidation sites excluding steroid dienone is 1. The van der Waals surface area contributed by atoms with Crippen LogP contribution in [-0.2, 0) is 20.9 Å². The molecule has 49 heavy (non-hydrogen) atoms. The van der Waals surface area contributed by atoms with Crippen LogP contribution in [0.5, 0.6) is 0 Å². The Balaban J connectivity index is 1.11. The molecule has 2 N–H and O–H groups in total. The molecule has 0 bridgehead atoms. The van der Waals surface area contributed by atoms with Crippen LogP contribution in [0.2, 0.25) is 0 Å². The van der Waals surface area contributed by atoms with E-state index in [0.29, 0.717) is 36.0 Å². The first-order valence-corrected chi connectivity index (χ1v) is 19.8.